The van der Waals surface area contributed by atoms with Gasteiger partial charge in [-0.25, -0.2) is 0 Å². The van der Waals surface area contributed by atoms with Gasteiger partial charge < -0.3 is 31.2 Å². The predicted octanol–water partition coefficient (Wildman–Crippen LogP) is 3.56. The molecule has 0 amide bonds. The minimum Gasteiger partial charge on any atom is -0.550 e. The summed E-state index contributed by atoms with van der Waals surface area (Å²) in [4.78, 5) is 23.5. The van der Waals surface area contributed by atoms with Gasteiger partial charge in [-0.1, -0.05) is 73.0 Å². The normalized spacial score (nSPS) is 13.5. The maximum absolute atomic E-state index is 10.9. The summed E-state index contributed by atoms with van der Waals surface area (Å²) >= 11 is 0. The van der Waals surface area contributed by atoms with Crippen molar-refractivity contribution in [1.29, 1.82) is 0 Å². The molecule has 1 heterocycles. The first-order chi connectivity index (χ1) is 20.3. The Balaban J connectivity index is 0.000000416. The summed E-state index contributed by atoms with van der Waals surface area (Å²) in [5, 5.41) is 19.3. The highest BCUT2D eigenvalue weighted by Gasteiger charge is 2.18. The van der Waals surface area contributed by atoms with Gasteiger partial charge in [0, 0.05) is 32.0 Å². The first-order valence-corrected chi connectivity index (χ1v) is 14.2. The monoisotopic (exact) mass is 570 g/mol. The molecule has 0 unspecified atom stereocenters. The van der Waals surface area contributed by atoms with Crippen LogP contribution < -0.4 is 21.3 Å². The van der Waals surface area contributed by atoms with Gasteiger partial charge in [0.2, 0.25) is 0 Å². The van der Waals surface area contributed by atoms with Crippen molar-refractivity contribution in [2.24, 2.45) is 11.5 Å². The number of carbonyl (C=O) groups is 2. The number of carboxylic acids is 2. The third-order valence-corrected chi connectivity index (χ3v) is 7.00. The van der Waals surface area contributed by atoms with Gasteiger partial charge in [-0.15, -0.1) is 5.92 Å². The second kappa shape index (κ2) is 16.9. The van der Waals surface area contributed by atoms with E-state index in [1.807, 2.05) is 24.3 Å². The lowest BCUT2D eigenvalue weighted by molar-refractivity contribution is -0.305. The highest BCUT2D eigenvalue weighted by molar-refractivity contribution is 5.72. The van der Waals surface area contributed by atoms with Gasteiger partial charge in [-0.05, 0) is 66.3 Å². The zero-order chi connectivity index (χ0) is 30.3. The molecule has 8 heteroatoms. The van der Waals surface area contributed by atoms with E-state index in [2.05, 4.69) is 65.3 Å². The van der Waals surface area contributed by atoms with Crippen molar-refractivity contribution in [2.75, 3.05) is 6.54 Å². The second-order valence-electron chi connectivity index (χ2n) is 10.3. The standard InChI is InChI=1S/C28H27NO3.C6H14N2O2/c1-2-5-24(16-28(30)31)23-12-14-27(15-13-23)32-20-22-10-8-21(9-11-22)17-29-18-25-6-3-4-7-26(25)19-29;7-4-2-1-3-5(8)6(9)10/h3-4,6-15,24H,16-20H2,1H3,(H,30,31);5H,1-4,7-8H2,(H,9,10)/p-1/t24-;5-/m00/s1. The van der Waals surface area contributed by atoms with Gasteiger partial charge >= 0.3 is 5.97 Å². The van der Waals surface area contributed by atoms with E-state index in [1.54, 1.807) is 6.92 Å². The second-order valence-corrected chi connectivity index (χ2v) is 10.3. The number of aliphatic carboxylic acids is 2. The maximum Gasteiger partial charge on any atom is 0.320 e. The van der Waals surface area contributed by atoms with Crippen molar-refractivity contribution in [3.63, 3.8) is 0 Å². The number of hydrogen-bond donors (Lipinski definition) is 3. The number of carbonyl (C=O) groups excluding carboxylic acids is 1. The molecule has 4 rings (SSSR count). The van der Waals surface area contributed by atoms with Crippen LogP contribution in [-0.4, -0.2) is 34.5 Å². The van der Waals surface area contributed by atoms with Gasteiger partial charge in [0.15, 0.2) is 0 Å². The molecule has 0 radical (unpaired) electrons. The largest absolute Gasteiger partial charge is 0.550 e. The molecule has 42 heavy (non-hydrogen) atoms. The molecule has 222 valence electrons. The molecule has 3 aromatic carbocycles. The minimum absolute atomic E-state index is 0.114. The van der Waals surface area contributed by atoms with E-state index in [4.69, 9.17) is 21.3 Å². The Morgan fingerprint density at radius 1 is 0.976 bits per heavy atom. The summed E-state index contributed by atoms with van der Waals surface area (Å²) < 4.78 is 5.91. The van der Waals surface area contributed by atoms with E-state index >= 15 is 0 Å². The van der Waals surface area contributed by atoms with Gasteiger partial charge in [-0.3, -0.25) is 9.69 Å². The van der Waals surface area contributed by atoms with E-state index in [-0.39, 0.29) is 12.3 Å². The molecule has 1 aliphatic rings. The smallest absolute Gasteiger partial charge is 0.320 e. The van der Waals surface area contributed by atoms with Crippen LogP contribution in [0.4, 0.5) is 0 Å². The fraction of sp³-hybridized carbons (Fsp3) is 0.353. The van der Waals surface area contributed by atoms with Crippen molar-refractivity contribution < 1.29 is 24.5 Å². The third-order valence-electron chi connectivity index (χ3n) is 7.00. The highest BCUT2D eigenvalue weighted by Crippen LogP contribution is 2.25. The average molecular weight is 571 g/mol. The van der Waals surface area contributed by atoms with Crippen molar-refractivity contribution >= 4 is 11.9 Å². The fourth-order valence-corrected chi connectivity index (χ4v) is 4.70. The topological polar surface area (TPSA) is 142 Å². The van der Waals surface area contributed by atoms with Gasteiger partial charge in [0.1, 0.15) is 18.4 Å². The van der Waals surface area contributed by atoms with E-state index in [0.29, 0.717) is 19.6 Å². The first-order valence-electron chi connectivity index (χ1n) is 14.2. The molecule has 0 aromatic heterocycles. The number of carboxylic acid groups (broad SMARTS) is 2. The lowest BCUT2D eigenvalue weighted by atomic mass is 9.96. The van der Waals surface area contributed by atoms with Gasteiger partial charge in [-0.2, -0.15) is 0 Å². The molecule has 5 N–H and O–H groups in total. The van der Waals surface area contributed by atoms with Crippen molar-refractivity contribution in [1.82, 2.24) is 4.90 Å². The van der Waals surface area contributed by atoms with E-state index in [9.17, 15) is 14.7 Å². The van der Waals surface area contributed by atoms with Crippen LogP contribution in [0.1, 0.15) is 66.3 Å². The Labute approximate surface area is 248 Å². The number of benzene rings is 3. The van der Waals surface area contributed by atoms with Crippen LogP contribution >= 0.6 is 0 Å². The molecule has 0 aliphatic carbocycles. The number of hydrogen-bond acceptors (Lipinski definition) is 7. The maximum atomic E-state index is 10.9. The molecule has 0 saturated carbocycles. The van der Waals surface area contributed by atoms with Crippen LogP contribution in [0.3, 0.4) is 0 Å². The quantitative estimate of drug-likeness (QED) is 0.209. The SMILES string of the molecule is CC#C[C@@H](CC(=O)[O-])c1ccc(OCc2ccc(CN3Cc4ccccc4C3)cc2)cc1.NCCCC[C@H](N)C(=O)O. The Morgan fingerprint density at radius 2 is 1.60 bits per heavy atom. The van der Waals surface area contributed by atoms with Crippen molar-refractivity contribution in [3.8, 4) is 17.6 Å². The summed E-state index contributed by atoms with van der Waals surface area (Å²) in [6.07, 6.45) is 2.05. The number of rotatable bonds is 13. The van der Waals surface area contributed by atoms with Crippen LogP contribution in [0, 0.1) is 11.8 Å². The van der Waals surface area contributed by atoms with Crippen LogP contribution in [0.25, 0.3) is 0 Å². The van der Waals surface area contributed by atoms with Crippen LogP contribution in [-0.2, 0) is 35.8 Å². The summed E-state index contributed by atoms with van der Waals surface area (Å²) in [5.41, 5.74) is 16.5. The van der Waals surface area contributed by atoms with Gasteiger partial charge in [0.25, 0.3) is 0 Å². The predicted molar refractivity (Wildman–Crippen MR) is 161 cm³/mol. The Bertz CT molecular complexity index is 1320. The molecule has 0 saturated heterocycles. The first kappa shape index (κ1) is 32.4. The van der Waals surface area contributed by atoms with Crippen LogP contribution in [0.15, 0.2) is 72.8 Å². The highest BCUT2D eigenvalue weighted by atomic mass is 16.5. The third kappa shape index (κ3) is 10.7. The summed E-state index contributed by atoms with van der Waals surface area (Å²) in [6, 6.07) is 23.9. The summed E-state index contributed by atoms with van der Waals surface area (Å²) in [6.45, 7) is 5.73. The Hall–Kier alpha value is -4.16. The zero-order valence-corrected chi connectivity index (χ0v) is 24.1. The van der Waals surface area contributed by atoms with E-state index < -0.39 is 18.0 Å². The molecule has 3 aromatic rings. The van der Waals surface area contributed by atoms with Crippen LogP contribution in [0.5, 0.6) is 5.75 Å². The number of fused-ring (bicyclic) bond motifs is 1. The number of ether oxygens (including phenoxy) is 1. The number of unbranched alkanes of at least 4 members (excludes halogenated alkanes) is 1. The number of nitrogens with two attached hydrogens (primary N) is 2. The molecular formula is C34H40N3O5-. The summed E-state index contributed by atoms with van der Waals surface area (Å²) in [5.74, 6) is 4.06. The zero-order valence-electron chi connectivity index (χ0n) is 24.1. The van der Waals surface area contributed by atoms with Gasteiger partial charge in [0.05, 0.1) is 5.92 Å². The lowest BCUT2D eigenvalue weighted by Crippen LogP contribution is -2.29. The molecule has 2 atom stereocenters. The minimum atomic E-state index is -1.10. The molecule has 0 bridgehead atoms. The molecule has 8 nitrogen and oxygen atoms in total. The van der Waals surface area contributed by atoms with Crippen LogP contribution in [0.2, 0.25) is 0 Å². The lowest BCUT2D eigenvalue weighted by Gasteiger charge is -2.15. The van der Waals surface area contributed by atoms with E-state index in [0.717, 1.165) is 49.4 Å². The van der Waals surface area contributed by atoms with E-state index in [1.165, 1.54) is 16.7 Å². The molecular weight excluding hydrogens is 530 g/mol. The fourth-order valence-electron chi connectivity index (χ4n) is 4.70. The van der Waals surface area contributed by atoms with Crippen molar-refractivity contribution in [3.05, 3.63) is 101 Å². The number of nitrogens with zero attached hydrogens (tertiary/aromatic N) is 1. The molecule has 0 fully saturated rings. The summed E-state index contributed by atoms with van der Waals surface area (Å²) in [7, 11) is 0. The Kier molecular flexibility index (Phi) is 13.1. The Morgan fingerprint density at radius 3 is 2.14 bits per heavy atom. The molecule has 0 spiro atoms. The average Bonchev–Trinajstić information content (AvgIpc) is 3.39. The molecule has 1 aliphatic heterocycles. The van der Waals surface area contributed by atoms with Crippen molar-refractivity contribution in [2.45, 2.75) is 70.8 Å².